The minimum atomic E-state index is -0.355. The average molecular weight is 247 g/mol. The number of carbonyl (C=O) groups is 1. The SMILES string of the molecule is NNOC(=O)CCN1CCC(OCCO)CC1. The van der Waals surface area contributed by atoms with Crippen LogP contribution < -0.4 is 11.4 Å². The molecule has 1 fully saturated rings. The Kier molecular flexibility index (Phi) is 7.06. The van der Waals surface area contributed by atoms with Gasteiger partial charge >= 0.3 is 5.97 Å². The lowest BCUT2D eigenvalue weighted by Crippen LogP contribution is -2.39. The van der Waals surface area contributed by atoms with Crippen LogP contribution in [0, 0.1) is 0 Å². The number of rotatable bonds is 7. The van der Waals surface area contributed by atoms with E-state index in [4.69, 9.17) is 15.7 Å². The summed E-state index contributed by atoms with van der Waals surface area (Å²) in [5, 5.41) is 8.64. The summed E-state index contributed by atoms with van der Waals surface area (Å²) in [6, 6.07) is 0. The van der Waals surface area contributed by atoms with E-state index in [-0.39, 0.29) is 18.7 Å². The van der Waals surface area contributed by atoms with E-state index in [0.29, 0.717) is 19.6 Å². The van der Waals surface area contributed by atoms with Crippen LogP contribution in [0.25, 0.3) is 0 Å². The molecule has 0 aliphatic carbocycles. The normalized spacial score (nSPS) is 18.2. The molecule has 1 aliphatic rings. The summed E-state index contributed by atoms with van der Waals surface area (Å²) in [6.07, 6.45) is 2.43. The van der Waals surface area contributed by atoms with E-state index in [2.05, 4.69) is 9.74 Å². The molecule has 0 unspecified atom stereocenters. The predicted octanol–water partition coefficient (Wildman–Crippen LogP) is -1.23. The lowest BCUT2D eigenvalue weighted by atomic mass is 10.1. The first-order valence-corrected chi connectivity index (χ1v) is 5.86. The van der Waals surface area contributed by atoms with Gasteiger partial charge in [-0.05, 0) is 12.8 Å². The Balaban J connectivity index is 2.08. The van der Waals surface area contributed by atoms with E-state index < -0.39 is 0 Å². The summed E-state index contributed by atoms with van der Waals surface area (Å²) < 4.78 is 5.45. The molecule has 7 heteroatoms. The summed E-state index contributed by atoms with van der Waals surface area (Å²) in [6.45, 7) is 2.95. The number of carbonyl (C=O) groups excluding carboxylic acids is 1. The Bertz CT molecular complexity index is 220. The Morgan fingerprint density at radius 3 is 2.76 bits per heavy atom. The number of hydrogen-bond acceptors (Lipinski definition) is 7. The first kappa shape index (κ1) is 14.3. The Morgan fingerprint density at radius 1 is 1.47 bits per heavy atom. The number of aliphatic hydroxyl groups is 1. The molecule has 1 rings (SSSR count). The number of nitrogens with two attached hydrogens (primary N) is 1. The smallest absolute Gasteiger partial charge is 0.327 e. The molecular formula is C10H21N3O4. The molecule has 1 saturated heterocycles. The lowest BCUT2D eigenvalue weighted by Gasteiger charge is -2.31. The van der Waals surface area contributed by atoms with Crippen LogP contribution in [0.1, 0.15) is 19.3 Å². The van der Waals surface area contributed by atoms with Crippen LogP contribution in [-0.4, -0.2) is 54.9 Å². The quantitative estimate of drug-likeness (QED) is 0.383. The summed E-state index contributed by atoms with van der Waals surface area (Å²) in [5.41, 5.74) is 1.87. The molecule has 0 aromatic carbocycles. The van der Waals surface area contributed by atoms with Gasteiger partial charge in [0.25, 0.3) is 0 Å². The van der Waals surface area contributed by atoms with Gasteiger partial charge in [-0.2, -0.15) is 0 Å². The maximum atomic E-state index is 11.0. The van der Waals surface area contributed by atoms with Gasteiger partial charge in [-0.15, -0.1) is 0 Å². The van der Waals surface area contributed by atoms with Gasteiger partial charge in [-0.25, -0.2) is 5.84 Å². The molecule has 0 atom stereocenters. The average Bonchev–Trinajstić information content (AvgIpc) is 2.35. The molecule has 17 heavy (non-hydrogen) atoms. The maximum absolute atomic E-state index is 11.0. The van der Waals surface area contributed by atoms with Crippen LogP contribution in [0.15, 0.2) is 0 Å². The molecule has 0 spiro atoms. The molecule has 0 aromatic heterocycles. The molecule has 100 valence electrons. The minimum absolute atomic E-state index is 0.0676. The fourth-order valence-electron chi connectivity index (χ4n) is 1.89. The maximum Gasteiger partial charge on any atom is 0.327 e. The van der Waals surface area contributed by atoms with Crippen molar-refractivity contribution in [1.29, 1.82) is 0 Å². The van der Waals surface area contributed by atoms with Gasteiger partial charge in [-0.3, -0.25) is 4.79 Å². The fourth-order valence-corrected chi connectivity index (χ4v) is 1.89. The predicted molar refractivity (Wildman–Crippen MR) is 60.5 cm³/mol. The molecule has 0 amide bonds. The van der Waals surface area contributed by atoms with E-state index >= 15 is 0 Å². The number of piperidine rings is 1. The summed E-state index contributed by atoms with van der Waals surface area (Å²) in [7, 11) is 0. The molecule has 4 N–H and O–H groups in total. The Hall–Kier alpha value is -0.730. The number of ether oxygens (including phenoxy) is 1. The second kappa shape index (κ2) is 8.37. The van der Waals surface area contributed by atoms with Crippen LogP contribution in [-0.2, 0) is 14.4 Å². The molecule has 0 bridgehead atoms. The van der Waals surface area contributed by atoms with Gasteiger partial charge in [0.05, 0.1) is 25.7 Å². The monoisotopic (exact) mass is 247 g/mol. The zero-order chi connectivity index (χ0) is 12.5. The number of hydrazine groups is 1. The van der Waals surface area contributed by atoms with Crippen molar-refractivity contribution < 1.29 is 19.5 Å². The highest BCUT2D eigenvalue weighted by atomic mass is 16.7. The first-order chi connectivity index (χ1) is 8.26. The number of hydrogen-bond donors (Lipinski definition) is 3. The van der Waals surface area contributed by atoms with E-state index in [9.17, 15) is 4.79 Å². The van der Waals surface area contributed by atoms with Gasteiger partial charge in [0.15, 0.2) is 0 Å². The largest absolute Gasteiger partial charge is 0.394 e. The number of likely N-dealkylation sites (tertiary alicyclic amines) is 1. The van der Waals surface area contributed by atoms with E-state index in [1.165, 1.54) is 0 Å². The third-order valence-electron chi connectivity index (χ3n) is 2.78. The van der Waals surface area contributed by atoms with Gasteiger partial charge in [0, 0.05) is 19.6 Å². The van der Waals surface area contributed by atoms with Gasteiger partial charge in [0.2, 0.25) is 0 Å². The summed E-state index contributed by atoms with van der Waals surface area (Å²) >= 11 is 0. The highest BCUT2D eigenvalue weighted by Gasteiger charge is 2.19. The van der Waals surface area contributed by atoms with Crippen LogP contribution in [0.3, 0.4) is 0 Å². The van der Waals surface area contributed by atoms with Crippen molar-refractivity contribution in [2.24, 2.45) is 5.84 Å². The van der Waals surface area contributed by atoms with Gasteiger partial charge < -0.3 is 19.6 Å². The highest BCUT2D eigenvalue weighted by molar-refractivity contribution is 5.69. The molecule has 0 saturated carbocycles. The Morgan fingerprint density at radius 2 is 2.18 bits per heavy atom. The summed E-state index contributed by atoms with van der Waals surface area (Å²) in [5.74, 6) is 4.50. The van der Waals surface area contributed by atoms with Gasteiger partial charge in [0.1, 0.15) is 0 Å². The molecule has 7 nitrogen and oxygen atoms in total. The first-order valence-electron chi connectivity index (χ1n) is 5.86. The molecular weight excluding hydrogens is 226 g/mol. The van der Waals surface area contributed by atoms with E-state index in [1.54, 1.807) is 0 Å². The van der Waals surface area contributed by atoms with Crippen molar-refractivity contribution in [3.63, 3.8) is 0 Å². The van der Waals surface area contributed by atoms with Crippen molar-refractivity contribution >= 4 is 5.97 Å². The second-order valence-electron chi connectivity index (χ2n) is 3.98. The van der Waals surface area contributed by atoms with Crippen molar-refractivity contribution in [2.75, 3.05) is 32.8 Å². The van der Waals surface area contributed by atoms with E-state index in [0.717, 1.165) is 25.9 Å². The highest BCUT2D eigenvalue weighted by Crippen LogP contribution is 2.13. The van der Waals surface area contributed by atoms with Crippen molar-refractivity contribution in [2.45, 2.75) is 25.4 Å². The summed E-state index contributed by atoms with van der Waals surface area (Å²) in [4.78, 5) is 17.7. The lowest BCUT2D eigenvalue weighted by molar-refractivity contribution is -0.151. The topological polar surface area (TPSA) is 97.0 Å². The molecule has 1 aliphatic heterocycles. The van der Waals surface area contributed by atoms with Crippen LogP contribution >= 0.6 is 0 Å². The zero-order valence-electron chi connectivity index (χ0n) is 9.93. The van der Waals surface area contributed by atoms with Gasteiger partial charge in [-0.1, -0.05) is 5.59 Å². The number of aliphatic hydroxyl groups excluding tert-OH is 1. The zero-order valence-corrected chi connectivity index (χ0v) is 9.93. The van der Waals surface area contributed by atoms with Crippen LogP contribution in [0.5, 0.6) is 0 Å². The second-order valence-corrected chi connectivity index (χ2v) is 3.98. The molecule has 0 radical (unpaired) electrons. The third-order valence-corrected chi connectivity index (χ3v) is 2.78. The Labute approximate surface area is 101 Å². The van der Waals surface area contributed by atoms with Crippen molar-refractivity contribution in [1.82, 2.24) is 10.5 Å². The van der Waals surface area contributed by atoms with Crippen LogP contribution in [0.2, 0.25) is 0 Å². The number of nitrogens with one attached hydrogen (secondary N) is 1. The third kappa shape index (κ3) is 5.94. The molecule has 1 heterocycles. The van der Waals surface area contributed by atoms with Crippen molar-refractivity contribution in [3.8, 4) is 0 Å². The minimum Gasteiger partial charge on any atom is -0.394 e. The van der Waals surface area contributed by atoms with Crippen LogP contribution in [0.4, 0.5) is 0 Å². The molecule has 0 aromatic rings. The van der Waals surface area contributed by atoms with Crippen molar-refractivity contribution in [3.05, 3.63) is 0 Å². The fraction of sp³-hybridized carbons (Fsp3) is 0.900. The number of nitrogens with zero attached hydrogens (tertiary/aromatic N) is 1. The standard InChI is InChI=1S/C10H21N3O4/c11-12-17-10(15)3-6-13-4-1-9(2-5-13)16-8-7-14/h9,12,14H,1-8,11H2. The van der Waals surface area contributed by atoms with E-state index in [1.807, 2.05) is 5.59 Å².